The number of benzene rings is 7. The second-order valence-electron chi connectivity index (χ2n) is 12.3. The Bertz CT molecular complexity index is 2630. The normalized spacial score (nSPS) is 12.4. The zero-order valence-electron chi connectivity index (χ0n) is 26.7. The van der Waals surface area contributed by atoms with Gasteiger partial charge < -0.3 is 4.57 Å². The predicted octanol–water partition coefficient (Wildman–Crippen LogP) is 11.1. The van der Waals surface area contributed by atoms with Crippen LogP contribution in [0.5, 0.6) is 0 Å². The first-order valence-corrected chi connectivity index (χ1v) is 16.4. The Morgan fingerprint density at radius 2 is 1.04 bits per heavy atom. The van der Waals surface area contributed by atoms with Crippen LogP contribution >= 0.6 is 0 Å². The third kappa shape index (κ3) is 4.40. The summed E-state index contributed by atoms with van der Waals surface area (Å²) in [6.45, 7) is 8.00. The molecule has 0 aliphatic carbocycles. The number of nitrogens with zero attached hydrogens (tertiary/aromatic N) is 3. The van der Waals surface area contributed by atoms with Gasteiger partial charge in [-0.15, -0.1) is 0 Å². The number of carbonyl (C=O) groups is 2. The molecule has 1 aromatic heterocycles. The molecule has 0 saturated heterocycles. The number of carbonyl (C=O) groups excluding carboxylic acids is 2. The van der Waals surface area contributed by atoms with Crippen molar-refractivity contribution in [3.05, 3.63) is 186 Å². The molecule has 0 N–H and O–H groups in total. The van der Waals surface area contributed by atoms with Crippen molar-refractivity contribution in [2.75, 3.05) is 4.90 Å². The van der Waals surface area contributed by atoms with E-state index in [2.05, 4.69) is 29.1 Å². The number of fused-ring (bicyclic) bond motifs is 4. The number of imide groups is 1. The van der Waals surface area contributed by atoms with Crippen LogP contribution in [0.3, 0.4) is 0 Å². The van der Waals surface area contributed by atoms with Crippen molar-refractivity contribution in [1.29, 1.82) is 0 Å². The molecule has 0 fully saturated rings. The molecule has 0 saturated carbocycles. The average molecular weight is 642 g/mol. The van der Waals surface area contributed by atoms with Crippen molar-refractivity contribution < 1.29 is 9.59 Å². The summed E-state index contributed by atoms with van der Waals surface area (Å²) in [6.07, 6.45) is 0. The van der Waals surface area contributed by atoms with E-state index in [0.29, 0.717) is 33.7 Å². The fourth-order valence-electron chi connectivity index (χ4n) is 7.35. The van der Waals surface area contributed by atoms with Crippen LogP contribution in [0.15, 0.2) is 164 Å². The molecule has 9 rings (SSSR count). The summed E-state index contributed by atoms with van der Waals surface area (Å²) < 4.78 is 1.97. The molecule has 2 heterocycles. The Kier molecular flexibility index (Phi) is 6.75. The molecule has 5 heteroatoms. The van der Waals surface area contributed by atoms with Crippen LogP contribution in [-0.2, 0) is 0 Å². The lowest BCUT2D eigenvalue weighted by Gasteiger charge is -2.24. The van der Waals surface area contributed by atoms with Crippen LogP contribution in [0.4, 0.5) is 11.4 Å². The third-order valence-corrected chi connectivity index (χ3v) is 9.54. The van der Waals surface area contributed by atoms with Crippen LogP contribution < -0.4 is 4.90 Å². The van der Waals surface area contributed by atoms with Gasteiger partial charge in [0.15, 0.2) is 0 Å². The van der Waals surface area contributed by atoms with Crippen LogP contribution in [0.2, 0.25) is 0 Å². The summed E-state index contributed by atoms with van der Waals surface area (Å²) in [5, 5.41) is 1.88. The maximum absolute atomic E-state index is 15.1. The first kappa shape index (κ1) is 29.1. The van der Waals surface area contributed by atoms with Crippen molar-refractivity contribution in [3.8, 4) is 39.1 Å². The molecule has 5 nitrogen and oxygen atoms in total. The molecule has 234 valence electrons. The zero-order chi connectivity index (χ0) is 33.8. The van der Waals surface area contributed by atoms with Gasteiger partial charge in [-0.1, -0.05) is 133 Å². The summed E-state index contributed by atoms with van der Waals surface area (Å²) in [4.78, 5) is 35.1. The average Bonchev–Trinajstić information content (AvgIpc) is 3.66. The lowest BCUT2D eigenvalue weighted by atomic mass is 9.90. The number of amides is 2. The molecule has 1 aliphatic rings. The van der Waals surface area contributed by atoms with Crippen molar-refractivity contribution in [2.24, 2.45) is 0 Å². The largest absolute Gasteiger partial charge is 0.318 e. The van der Waals surface area contributed by atoms with E-state index in [9.17, 15) is 4.79 Å². The van der Waals surface area contributed by atoms with E-state index in [4.69, 9.17) is 6.57 Å². The minimum atomic E-state index is -0.409. The molecule has 7 aromatic carbocycles. The van der Waals surface area contributed by atoms with Crippen molar-refractivity contribution in [2.45, 2.75) is 0 Å². The Labute approximate surface area is 288 Å². The highest BCUT2D eigenvalue weighted by atomic mass is 16.2. The molecule has 1 aliphatic heterocycles. The number of hydrogen-bond acceptors (Lipinski definition) is 2. The van der Waals surface area contributed by atoms with E-state index in [1.807, 2.05) is 132 Å². The summed E-state index contributed by atoms with van der Waals surface area (Å²) in [6, 6.07) is 53.1. The molecule has 0 spiro atoms. The van der Waals surface area contributed by atoms with Gasteiger partial charge in [-0.05, 0) is 58.0 Å². The molecule has 0 radical (unpaired) electrons. The maximum atomic E-state index is 15.1. The van der Waals surface area contributed by atoms with E-state index < -0.39 is 5.91 Å². The Morgan fingerprint density at radius 1 is 0.480 bits per heavy atom. The number of para-hydroxylation sites is 2. The minimum Gasteiger partial charge on any atom is -0.318 e. The standard InChI is InChI=1S/C45H27N3O2/c1-46-38-24-13-22-34-33-21-11-12-25-39(33)47(43(34)38)40-26-14-23-35-41(40)45(50)48(44(35)49)42-36(30-17-7-3-8-18-30)27-32(29-15-5-2-6-16-29)28-37(42)31-19-9-4-10-20-31/h2-28H. The van der Waals surface area contributed by atoms with Gasteiger partial charge in [0.2, 0.25) is 5.69 Å². The van der Waals surface area contributed by atoms with Crippen molar-refractivity contribution in [3.63, 3.8) is 0 Å². The highest BCUT2D eigenvalue weighted by Crippen LogP contribution is 2.47. The Morgan fingerprint density at radius 3 is 1.68 bits per heavy atom. The van der Waals surface area contributed by atoms with E-state index in [1.165, 1.54) is 4.90 Å². The predicted molar refractivity (Wildman–Crippen MR) is 201 cm³/mol. The monoisotopic (exact) mass is 641 g/mol. The topological polar surface area (TPSA) is 46.7 Å². The Hall–Kier alpha value is -7.03. The number of rotatable bonds is 5. The molecular weight excluding hydrogens is 615 g/mol. The van der Waals surface area contributed by atoms with E-state index in [-0.39, 0.29) is 5.91 Å². The second kappa shape index (κ2) is 11.6. The second-order valence-corrected chi connectivity index (χ2v) is 12.3. The maximum Gasteiger partial charge on any atom is 0.268 e. The zero-order valence-corrected chi connectivity index (χ0v) is 26.7. The van der Waals surface area contributed by atoms with Gasteiger partial charge in [0.1, 0.15) is 0 Å². The summed E-state index contributed by atoms with van der Waals surface area (Å²) in [5.74, 6) is -0.798. The number of aromatic nitrogens is 1. The van der Waals surface area contributed by atoms with Crippen LogP contribution in [0.1, 0.15) is 20.7 Å². The smallest absolute Gasteiger partial charge is 0.268 e. The SMILES string of the molecule is [C-]#[N+]c1cccc2c3ccccc3n(-c3cccc4c3C(=O)N(c3c(-c5ccccc5)cc(-c5ccccc5)cc3-c3ccccc3)C4=O)c12. The molecule has 0 bridgehead atoms. The quantitative estimate of drug-likeness (QED) is 0.139. The van der Waals surface area contributed by atoms with Crippen LogP contribution in [0.25, 0.3) is 65.7 Å². The van der Waals surface area contributed by atoms with Gasteiger partial charge in [-0.2, -0.15) is 0 Å². The number of anilines is 1. The van der Waals surface area contributed by atoms with E-state index in [1.54, 1.807) is 12.1 Å². The van der Waals surface area contributed by atoms with Crippen molar-refractivity contribution >= 4 is 45.0 Å². The van der Waals surface area contributed by atoms with Gasteiger partial charge in [0, 0.05) is 16.5 Å². The first-order chi connectivity index (χ1) is 24.6. The lowest BCUT2D eigenvalue weighted by Crippen LogP contribution is -2.30. The highest BCUT2D eigenvalue weighted by molar-refractivity contribution is 6.37. The highest BCUT2D eigenvalue weighted by Gasteiger charge is 2.41. The molecular formula is C45H27N3O2. The van der Waals surface area contributed by atoms with Gasteiger partial charge in [0.25, 0.3) is 11.8 Å². The van der Waals surface area contributed by atoms with Crippen LogP contribution in [0, 0.1) is 6.57 Å². The molecule has 0 unspecified atom stereocenters. The van der Waals surface area contributed by atoms with Crippen molar-refractivity contribution in [1.82, 2.24) is 4.57 Å². The van der Waals surface area contributed by atoms with E-state index in [0.717, 1.165) is 49.7 Å². The third-order valence-electron chi connectivity index (χ3n) is 9.54. The number of hydrogen-bond donors (Lipinski definition) is 0. The lowest BCUT2D eigenvalue weighted by molar-refractivity contribution is 0.0926. The molecule has 2 amide bonds. The minimum absolute atomic E-state index is 0.310. The summed E-state index contributed by atoms with van der Waals surface area (Å²) in [5.41, 5.74) is 9.08. The fourth-order valence-corrected chi connectivity index (χ4v) is 7.35. The molecule has 8 aromatic rings. The molecule has 50 heavy (non-hydrogen) atoms. The van der Waals surface area contributed by atoms with Gasteiger partial charge in [0.05, 0.1) is 40.1 Å². The Balaban J connectivity index is 1.33. The summed E-state index contributed by atoms with van der Waals surface area (Å²) in [7, 11) is 0. The van der Waals surface area contributed by atoms with Gasteiger partial charge in [-0.3, -0.25) is 9.59 Å². The first-order valence-electron chi connectivity index (χ1n) is 16.4. The van der Waals surface area contributed by atoms with Gasteiger partial charge in [-0.25, -0.2) is 9.74 Å². The summed E-state index contributed by atoms with van der Waals surface area (Å²) >= 11 is 0. The van der Waals surface area contributed by atoms with Gasteiger partial charge >= 0.3 is 0 Å². The fraction of sp³-hybridized carbons (Fsp3) is 0. The van der Waals surface area contributed by atoms with Crippen LogP contribution in [-0.4, -0.2) is 16.4 Å². The van der Waals surface area contributed by atoms with E-state index >= 15 is 4.79 Å². The molecule has 0 atom stereocenters.